The molecule has 1 fully saturated rings. The summed E-state index contributed by atoms with van der Waals surface area (Å²) in [5.41, 5.74) is 0.998. The zero-order valence-electron chi connectivity index (χ0n) is 16.0. The number of benzene rings is 1. The van der Waals surface area contributed by atoms with Crippen LogP contribution >= 0.6 is 15.9 Å². The molecule has 2 heterocycles. The molecule has 1 saturated heterocycles. The third kappa shape index (κ3) is 7.34. The maximum absolute atomic E-state index is 12.6. The standard InChI is InChI=1S/C19H24BrF3N6/c20-15-8-6-7-14(11-15)12-24-16-26-17(25-13-19(21,22)23)28-18(27-16)29-9-4-2-1-3-5-10-29/h6-8,11H,1-5,9-10,12-13H2,(H2,24,25,26,27,28). The molecule has 1 aromatic heterocycles. The molecule has 10 heteroatoms. The van der Waals surface area contributed by atoms with Gasteiger partial charge in [0.25, 0.3) is 0 Å². The van der Waals surface area contributed by atoms with Crippen LogP contribution in [0.2, 0.25) is 0 Å². The van der Waals surface area contributed by atoms with Gasteiger partial charge in [-0.05, 0) is 30.5 Å². The van der Waals surface area contributed by atoms with Gasteiger partial charge in [-0.2, -0.15) is 28.1 Å². The molecule has 0 aliphatic carbocycles. The average molecular weight is 473 g/mol. The van der Waals surface area contributed by atoms with Crippen LogP contribution in [0.4, 0.5) is 31.0 Å². The van der Waals surface area contributed by atoms with Gasteiger partial charge in [0, 0.05) is 24.1 Å². The number of aromatic nitrogens is 3. The van der Waals surface area contributed by atoms with Crippen LogP contribution in [0.5, 0.6) is 0 Å². The van der Waals surface area contributed by atoms with Gasteiger partial charge >= 0.3 is 6.18 Å². The number of anilines is 3. The summed E-state index contributed by atoms with van der Waals surface area (Å²) in [7, 11) is 0. The van der Waals surface area contributed by atoms with Crippen molar-refractivity contribution in [1.29, 1.82) is 0 Å². The normalized spacial score (nSPS) is 15.5. The topological polar surface area (TPSA) is 66.0 Å². The summed E-state index contributed by atoms with van der Waals surface area (Å²) in [5, 5.41) is 5.38. The SMILES string of the molecule is FC(F)(F)CNc1nc(NCc2cccc(Br)c2)nc(N2CCCCCCC2)n1. The summed E-state index contributed by atoms with van der Waals surface area (Å²) < 4.78 is 38.9. The van der Waals surface area contributed by atoms with E-state index in [9.17, 15) is 13.2 Å². The molecule has 158 valence electrons. The van der Waals surface area contributed by atoms with Gasteiger partial charge < -0.3 is 15.5 Å². The maximum Gasteiger partial charge on any atom is 0.405 e. The number of rotatable bonds is 6. The van der Waals surface area contributed by atoms with Gasteiger partial charge in [0.05, 0.1) is 0 Å². The summed E-state index contributed by atoms with van der Waals surface area (Å²) in [4.78, 5) is 14.9. The van der Waals surface area contributed by atoms with Crippen LogP contribution in [0.1, 0.15) is 37.7 Å². The molecule has 0 amide bonds. The summed E-state index contributed by atoms with van der Waals surface area (Å²) >= 11 is 3.42. The second-order valence-electron chi connectivity index (χ2n) is 6.99. The molecule has 0 bridgehead atoms. The first kappa shape index (κ1) is 21.6. The minimum Gasteiger partial charge on any atom is -0.350 e. The monoisotopic (exact) mass is 472 g/mol. The summed E-state index contributed by atoms with van der Waals surface area (Å²) in [6, 6.07) is 7.74. The fourth-order valence-electron chi connectivity index (χ4n) is 3.12. The Morgan fingerprint density at radius 1 is 0.931 bits per heavy atom. The molecule has 0 saturated carbocycles. The minimum absolute atomic E-state index is 0.0777. The van der Waals surface area contributed by atoms with Crippen molar-refractivity contribution in [3.8, 4) is 0 Å². The van der Waals surface area contributed by atoms with Crippen LogP contribution in [-0.2, 0) is 6.54 Å². The summed E-state index contributed by atoms with van der Waals surface area (Å²) in [6.45, 7) is 0.824. The molecule has 2 N–H and O–H groups in total. The van der Waals surface area contributed by atoms with Gasteiger partial charge in [0.2, 0.25) is 17.8 Å². The van der Waals surface area contributed by atoms with Crippen molar-refractivity contribution in [1.82, 2.24) is 15.0 Å². The molecule has 0 unspecified atom stereocenters. The van der Waals surface area contributed by atoms with Crippen LogP contribution in [0.25, 0.3) is 0 Å². The first-order chi connectivity index (χ1) is 13.9. The first-order valence-electron chi connectivity index (χ1n) is 9.69. The Balaban J connectivity index is 1.79. The average Bonchev–Trinajstić information content (AvgIpc) is 2.64. The largest absolute Gasteiger partial charge is 0.405 e. The minimum atomic E-state index is -4.35. The van der Waals surface area contributed by atoms with Gasteiger partial charge in [-0.3, -0.25) is 0 Å². The highest BCUT2D eigenvalue weighted by molar-refractivity contribution is 9.10. The smallest absolute Gasteiger partial charge is 0.350 e. The number of hydrogen-bond acceptors (Lipinski definition) is 6. The van der Waals surface area contributed by atoms with E-state index in [2.05, 4.69) is 41.5 Å². The lowest BCUT2D eigenvalue weighted by Crippen LogP contribution is -2.30. The molecule has 29 heavy (non-hydrogen) atoms. The molecule has 0 spiro atoms. The number of hydrogen-bond donors (Lipinski definition) is 2. The second-order valence-corrected chi connectivity index (χ2v) is 7.91. The van der Waals surface area contributed by atoms with Crippen molar-refractivity contribution in [2.45, 2.75) is 44.8 Å². The lowest BCUT2D eigenvalue weighted by Gasteiger charge is -2.25. The van der Waals surface area contributed by atoms with Crippen LogP contribution < -0.4 is 15.5 Å². The zero-order chi connectivity index (χ0) is 20.7. The van der Waals surface area contributed by atoms with Crippen molar-refractivity contribution >= 4 is 33.8 Å². The Kier molecular flexibility index (Phi) is 7.51. The fraction of sp³-hybridized carbons (Fsp3) is 0.526. The lowest BCUT2D eigenvalue weighted by molar-refractivity contribution is -0.115. The quantitative estimate of drug-likeness (QED) is 0.617. The highest BCUT2D eigenvalue weighted by Gasteiger charge is 2.27. The van der Waals surface area contributed by atoms with E-state index in [1.54, 1.807) is 0 Å². The molecule has 1 aliphatic heterocycles. The molecule has 0 atom stereocenters. The molecule has 6 nitrogen and oxygen atoms in total. The van der Waals surface area contributed by atoms with Gasteiger partial charge in [-0.15, -0.1) is 0 Å². The maximum atomic E-state index is 12.6. The van der Waals surface area contributed by atoms with Crippen molar-refractivity contribution in [3.05, 3.63) is 34.3 Å². The molecular weight excluding hydrogens is 449 g/mol. The van der Waals surface area contributed by atoms with E-state index in [0.717, 1.165) is 48.8 Å². The number of halogens is 4. The van der Waals surface area contributed by atoms with Crippen LogP contribution in [-0.4, -0.2) is 40.8 Å². The van der Waals surface area contributed by atoms with E-state index in [1.165, 1.54) is 6.42 Å². The van der Waals surface area contributed by atoms with E-state index >= 15 is 0 Å². The fourth-order valence-corrected chi connectivity index (χ4v) is 3.57. The Morgan fingerprint density at radius 3 is 2.24 bits per heavy atom. The van der Waals surface area contributed by atoms with E-state index < -0.39 is 12.7 Å². The molecule has 1 aromatic carbocycles. The Hall–Kier alpha value is -2.10. The first-order valence-corrected chi connectivity index (χ1v) is 10.5. The van der Waals surface area contributed by atoms with Gasteiger partial charge in [0.15, 0.2) is 0 Å². The van der Waals surface area contributed by atoms with Crippen LogP contribution in [0.15, 0.2) is 28.7 Å². The highest BCUT2D eigenvalue weighted by Crippen LogP contribution is 2.21. The van der Waals surface area contributed by atoms with E-state index in [1.807, 2.05) is 29.2 Å². The Bertz CT molecular complexity index is 794. The number of nitrogens with one attached hydrogen (secondary N) is 2. The molecular formula is C19H24BrF3N6. The molecule has 3 rings (SSSR count). The van der Waals surface area contributed by atoms with Crippen LogP contribution in [0.3, 0.4) is 0 Å². The second kappa shape index (κ2) is 10.1. The lowest BCUT2D eigenvalue weighted by atomic mass is 10.1. The van der Waals surface area contributed by atoms with Crippen molar-refractivity contribution < 1.29 is 13.2 Å². The Morgan fingerprint density at radius 2 is 1.59 bits per heavy atom. The van der Waals surface area contributed by atoms with E-state index in [4.69, 9.17) is 0 Å². The van der Waals surface area contributed by atoms with E-state index in [0.29, 0.717) is 12.5 Å². The summed E-state index contributed by atoms with van der Waals surface area (Å²) in [6.07, 6.45) is 1.15. The van der Waals surface area contributed by atoms with Gasteiger partial charge in [-0.1, -0.05) is 47.3 Å². The van der Waals surface area contributed by atoms with Crippen LogP contribution in [0, 0.1) is 0 Å². The molecule has 0 radical (unpaired) electrons. The van der Waals surface area contributed by atoms with E-state index in [-0.39, 0.29) is 11.9 Å². The highest BCUT2D eigenvalue weighted by atomic mass is 79.9. The molecule has 2 aromatic rings. The third-order valence-electron chi connectivity index (χ3n) is 4.55. The Labute approximate surface area is 176 Å². The zero-order valence-corrected chi connectivity index (χ0v) is 17.6. The number of alkyl halides is 3. The predicted octanol–water partition coefficient (Wildman–Crippen LogP) is 4.99. The van der Waals surface area contributed by atoms with Gasteiger partial charge in [-0.25, -0.2) is 0 Å². The molecule has 1 aliphatic rings. The summed E-state index contributed by atoms with van der Waals surface area (Å²) in [5.74, 6) is 0.580. The van der Waals surface area contributed by atoms with Crippen molar-refractivity contribution in [3.63, 3.8) is 0 Å². The predicted molar refractivity (Wildman–Crippen MR) is 111 cm³/mol. The van der Waals surface area contributed by atoms with Crippen molar-refractivity contribution in [2.24, 2.45) is 0 Å². The number of nitrogens with zero attached hydrogens (tertiary/aromatic N) is 4. The third-order valence-corrected chi connectivity index (χ3v) is 5.04. The van der Waals surface area contributed by atoms with Crippen molar-refractivity contribution in [2.75, 3.05) is 35.2 Å². The van der Waals surface area contributed by atoms with Gasteiger partial charge in [0.1, 0.15) is 6.54 Å².